The number of hydrogen-bond donors (Lipinski definition) is 2. The number of hydrogen-bond acceptors (Lipinski definition) is 4. The van der Waals surface area contributed by atoms with Gasteiger partial charge < -0.3 is 20.5 Å². The summed E-state index contributed by atoms with van der Waals surface area (Å²) in [6.07, 6.45) is 1.09. The van der Waals surface area contributed by atoms with Gasteiger partial charge in [-0.2, -0.15) is 0 Å². The molecule has 1 aromatic rings. The number of nitrogens with one attached hydrogen (secondary N) is 1. The Balaban J connectivity index is 0.00000400. The molecule has 0 aliphatic carbocycles. The lowest BCUT2D eigenvalue weighted by Gasteiger charge is -2.13. The predicted molar refractivity (Wildman–Crippen MR) is 86.2 cm³/mol. The summed E-state index contributed by atoms with van der Waals surface area (Å²) in [5.41, 5.74) is 5.44. The molecule has 21 heavy (non-hydrogen) atoms. The van der Waals surface area contributed by atoms with E-state index in [1.165, 1.54) is 0 Å². The molecule has 0 aliphatic heterocycles. The number of benzene rings is 1. The normalized spacial score (nSPS) is 11.2. The molecule has 5 nitrogen and oxygen atoms in total. The van der Waals surface area contributed by atoms with Crippen LogP contribution in [0.15, 0.2) is 24.3 Å². The van der Waals surface area contributed by atoms with Crippen LogP contribution in [0.25, 0.3) is 0 Å². The van der Waals surface area contributed by atoms with Gasteiger partial charge in [0.25, 0.3) is 0 Å². The SMILES string of the molecule is CCOc1ccccc1OCCCC(=O)N[C@@H](C)CN.Cl. The van der Waals surface area contributed by atoms with Gasteiger partial charge in [-0.3, -0.25) is 4.79 Å². The van der Waals surface area contributed by atoms with Crippen LogP contribution in [-0.4, -0.2) is 31.7 Å². The van der Waals surface area contributed by atoms with Crippen LogP contribution in [0.5, 0.6) is 11.5 Å². The van der Waals surface area contributed by atoms with Gasteiger partial charge in [0, 0.05) is 19.0 Å². The van der Waals surface area contributed by atoms with Crippen LogP contribution in [0.2, 0.25) is 0 Å². The summed E-state index contributed by atoms with van der Waals surface area (Å²) in [4.78, 5) is 11.5. The highest BCUT2D eigenvalue weighted by Gasteiger charge is 2.06. The Hall–Kier alpha value is -1.46. The van der Waals surface area contributed by atoms with Gasteiger partial charge in [-0.25, -0.2) is 0 Å². The molecule has 0 aliphatic rings. The first-order valence-electron chi connectivity index (χ1n) is 7.01. The number of rotatable bonds is 9. The summed E-state index contributed by atoms with van der Waals surface area (Å²) < 4.78 is 11.1. The van der Waals surface area contributed by atoms with Crippen molar-refractivity contribution in [2.45, 2.75) is 32.7 Å². The van der Waals surface area contributed by atoms with Gasteiger partial charge in [-0.1, -0.05) is 12.1 Å². The molecule has 3 N–H and O–H groups in total. The summed E-state index contributed by atoms with van der Waals surface area (Å²) in [6.45, 7) is 5.34. The zero-order chi connectivity index (χ0) is 14.8. The molecule has 6 heteroatoms. The molecule has 0 spiro atoms. The predicted octanol–water partition coefficient (Wildman–Crippen LogP) is 2.13. The number of para-hydroxylation sites is 2. The first-order chi connectivity index (χ1) is 9.67. The molecule has 0 radical (unpaired) electrons. The molecule has 0 unspecified atom stereocenters. The van der Waals surface area contributed by atoms with Crippen LogP contribution in [0.3, 0.4) is 0 Å². The lowest BCUT2D eigenvalue weighted by atomic mass is 10.2. The van der Waals surface area contributed by atoms with Crippen LogP contribution in [0.1, 0.15) is 26.7 Å². The van der Waals surface area contributed by atoms with Crippen molar-refractivity contribution in [3.63, 3.8) is 0 Å². The molecule has 0 saturated heterocycles. The maximum atomic E-state index is 11.5. The van der Waals surface area contributed by atoms with Gasteiger partial charge in [0.1, 0.15) is 0 Å². The summed E-state index contributed by atoms with van der Waals surface area (Å²) in [6, 6.07) is 7.55. The lowest BCUT2D eigenvalue weighted by Crippen LogP contribution is -2.37. The molecule has 1 rings (SSSR count). The Bertz CT molecular complexity index is 416. The number of halogens is 1. The van der Waals surface area contributed by atoms with E-state index in [1.807, 2.05) is 38.1 Å². The molecule has 120 valence electrons. The first kappa shape index (κ1) is 19.5. The van der Waals surface area contributed by atoms with Gasteiger partial charge in [-0.15, -0.1) is 12.4 Å². The van der Waals surface area contributed by atoms with Crippen LogP contribution in [-0.2, 0) is 4.79 Å². The maximum absolute atomic E-state index is 11.5. The first-order valence-corrected chi connectivity index (χ1v) is 7.01. The number of carbonyl (C=O) groups is 1. The summed E-state index contributed by atoms with van der Waals surface area (Å²) >= 11 is 0. The summed E-state index contributed by atoms with van der Waals surface area (Å²) in [7, 11) is 0. The van der Waals surface area contributed by atoms with E-state index in [-0.39, 0.29) is 24.4 Å². The van der Waals surface area contributed by atoms with E-state index in [0.717, 1.165) is 5.75 Å². The van der Waals surface area contributed by atoms with Crippen LogP contribution >= 0.6 is 12.4 Å². The van der Waals surface area contributed by atoms with Crippen molar-refractivity contribution < 1.29 is 14.3 Å². The van der Waals surface area contributed by atoms with Crippen molar-refractivity contribution in [2.75, 3.05) is 19.8 Å². The number of amides is 1. The van der Waals surface area contributed by atoms with E-state index in [0.29, 0.717) is 38.3 Å². The van der Waals surface area contributed by atoms with E-state index >= 15 is 0 Å². The summed E-state index contributed by atoms with van der Waals surface area (Å²) in [5.74, 6) is 1.45. The Labute approximate surface area is 132 Å². The molecular formula is C15H25ClN2O3. The zero-order valence-corrected chi connectivity index (χ0v) is 13.4. The maximum Gasteiger partial charge on any atom is 0.220 e. The quantitative estimate of drug-likeness (QED) is 0.684. The second kappa shape index (κ2) is 11.2. The lowest BCUT2D eigenvalue weighted by molar-refractivity contribution is -0.121. The Morgan fingerprint density at radius 2 is 1.90 bits per heavy atom. The van der Waals surface area contributed by atoms with E-state index < -0.39 is 0 Å². The van der Waals surface area contributed by atoms with E-state index in [2.05, 4.69) is 5.32 Å². The van der Waals surface area contributed by atoms with Gasteiger partial charge >= 0.3 is 0 Å². The minimum absolute atomic E-state index is 0. The highest BCUT2D eigenvalue weighted by Crippen LogP contribution is 2.26. The van der Waals surface area contributed by atoms with Crippen LogP contribution in [0.4, 0.5) is 0 Å². The van der Waals surface area contributed by atoms with Crippen molar-refractivity contribution in [3.8, 4) is 11.5 Å². The van der Waals surface area contributed by atoms with Crippen molar-refractivity contribution >= 4 is 18.3 Å². The fourth-order valence-electron chi connectivity index (χ4n) is 1.66. The molecule has 0 aromatic heterocycles. The second-order valence-corrected chi connectivity index (χ2v) is 4.54. The largest absolute Gasteiger partial charge is 0.490 e. The number of carbonyl (C=O) groups excluding carboxylic acids is 1. The number of nitrogens with two attached hydrogens (primary N) is 1. The zero-order valence-electron chi connectivity index (χ0n) is 12.6. The third-order valence-corrected chi connectivity index (χ3v) is 2.72. The van der Waals surface area contributed by atoms with E-state index in [9.17, 15) is 4.79 Å². The van der Waals surface area contributed by atoms with Gasteiger partial charge in [0.05, 0.1) is 13.2 Å². The average molecular weight is 317 g/mol. The van der Waals surface area contributed by atoms with Gasteiger partial charge in [0.2, 0.25) is 5.91 Å². The molecular weight excluding hydrogens is 292 g/mol. The minimum Gasteiger partial charge on any atom is -0.490 e. The Morgan fingerprint density at radius 3 is 2.48 bits per heavy atom. The second-order valence-electron chi connectivity index (χ2n) is 4.54. The Morgan fingerprint density at radius 1 is 1.29 bits per heavy atom. The van der Waals surface area contributed by atoms with E-state index in [1.54, 1.807) is 0 Å². The fourth-order valence-corrected chi connectivity index (χ4v) is 1.66. The minimum atomic E-state index is 0. The number of ether oxygens (including phenoxy) is 2. The third kappa shape index (κ3) is 7.78. The van der Waals surface area contributed by atoms with Crippen LogP contribution < -0.4 is 20.5 Å². The fraction of sp³-hybridized carbons (Fsp3) is 0.533. The topological polar surface area (TPSA) is 73.6 Å². The van der Waals surface area contributed by atoms with Gasteiger partial charge in [0.15, 0.2) is 11.5 Å². The molecule has 1 aromatic carbocycles. The van der Waals surface area contributed by atoms with Crippen LogP contribution in [0, 0.1) is 0 Å². The van der Waals surface area contributed by atoms with Crippen molar-refractivity contribution in [1.82, 2.24) is 5.32 Å². The smallest absolute Gasteiger partial charge is 0.220 e. The van der Waals surface area contributed by atoms with Crippen molar-refractivity contribution in [2.24, 2.45) is 5.73 Å². The molecule has 1 atom stereocenters. The third-order valence-electron chi connectivity index (χ3n) is 2.72. The average Bonchev–Trinajstić information content (AvgIpc) is 2.45. The highest BCUT2D eigenvalue weighted by atomic mass is 35.5. The standard InChI is InChI=1S/C15H24N2O3.ClH/c1-3-19-13-7-4-5-8-14(13)20-10-6-9-15(18)17-12(2)11-16;/h4-5,7-8,12H,3,6,9-11,16H2,1-2H3,(H,17,18);1H/t12-;/m0./s1. The highest BCUT2D eigenvalue weighted by molar-refractivity contribution is 5.85. The van der Waals surface area contributed by atoms with Crippen molar-refractivity contribution in [1.29, 1.82) is 0 Å². The molecule has 1 amide bonds. The van der Waals surface area contributed by atoms with E-state index in [4.69, 9.17) is 15.2 Å². The monoisotopic (exact) mass is 316 g/mol. The van der Waals surface area contributed by atoms with Crippen molar-refractivity contribution in [3.05, 3.63) is 24.3 Å². The summed E-state index contributed by atoms with van der Waals surface area (Å²) in [5, 5.41) is 2.82. The molecule has 0 bridgehead atoms. The molecule has 0 heterocycles. The van der Waals surface area contributed by atoms with Gasteiger partial charge in [-0.05, 0) is 32.4 Å². The molecule has 0 fully saturated rings. The molecule has 0 saturated carbocycles. The Kier molecular flexibility index (Phi) is 10.4.